The summed E-state index contributed by atoms with van der Waals surface area (Å²) < 4.78 is 46.7. The molecule has 1 amide bonds. The van der Waals surface area contributed by atoms with E-state index < -0.39 is 121 Å². The number of aliphatic hydroxyl groups excluding tert-OH is 3. The molecule has 0 radical (unpaired) electrons. The van der Waals surface area contributed by atoms with Gasteiger partial charge >= 0.3 is 24.0 Å². The standard InChI is InChI=1S/C48H75NO16/c1-14-16-36-28(6)39(62-40-22-37(60-33(11)50)45(32(10)59-40)64-47(49)56)23-48(57,65-36)31(9)42(54)30(8)44-35(52)18-15-17-24(2)19-27(5)43(61-34(12)51)29(7)41(53)26(4)20-25(3)21-38(58-13)46(55)63-44/h14-18,20-21,26-32,35-37,39-45,52-54,57H,19,22-23H2,1-13H3,(H2,49,56)/b16-14+,18-15+,24-17+,25-20+,38-21-/t26-,27-,28-,29-,30+,31+,32+,35+,36-,37+,39-,40-,41-,42-,43+,44-,45+,48-/m1/s1. The molecule has 17 heteroatoms. The van der Waals surface area contributed by atoms with E-state index in [1.807, 2.05) is 34.6 Å². The highest BCUT2D eigenvalue weighted by Crippen LogP contribution is 2.42. The monoisotopic (exact) mass is 922 g/mol. The Hall–Kier alpha value is -4.10. The molecule has 368 valence electrons. The summed E-state index contributed by atoms with van der Waals surface area (Å²) in [5, 5.41) is 47.6. The summed E-state index contributed by atoms with van der Waals surface area (Å²) in [6.45, 7) is 20.2. The SMILES string of the molecule is C/C=C/[C@H]1O[C@@](O)([C@@H](C)[C@H](O)[C@H](C)[C@H]2OC(=O)/C(OC)=C/C(C)=C/[C@@H](C)[C@@H](O)[C@@H](C)[C@@H](OC(C)=O)[C@H](C)C/C(C)=C/C=C/[C@@H]2O)C[C@@H](O[C@@H]2C[C@H](OC(C)=O)[C@@H](OC(N)=O)[C@H](C)O2)[C@@H]1C. The zero-order valence-electron chi connectivity index (χ0n) is 40.2. The van der Waals surface area contributed by atoms with Gasteiger partial charge in [0.25, 0.3) is 0 Å². The number of carbonyl (C=O) groups excluding carboxylic acids is 4. The highest BCUT2D eigenvalue weighted by molar-refractivity contribution is 5.87. The van der Waals surface area contributed by atoms with Crippen LogP contribution in [0.25, 0.3) is 0 Å². The number of amides is 1. The van der Waals surface area contributed by atoms with Crippen molar-refractivity contribution in [3.8, 4) is 0 Å². The second-order valence-electron chi connectivity index (χ2n) is 18.2. The number of ether oxygens (including phenoxy) is 8. The van der Waals surface area contributed by atoms with Crippen LogP contribution in [0, 0.1) is 35.5 Å². The third kappa shape index (κ3) is 15.2. The van der Waals surface area contributed by atoms with Crippen molar-refractivity contribution in [3.63, 3.8) is 0 Å². The Balaban J connectivity index is 2.00. The molecule has 3 aliphatic heterocycles. The van der Waals surface area contributed by atoms with Crippen LogP contribution in [0.2, 0.25) is 0 Å². The maximum atomic E-state index is 13.9. The van der Waals surface area contributed by atoms with Gasteiger partial charge in [0.2, 0.25) is 5.76 Å². The Bertz CT molecular complexity index is 1780. The molecule has 0 saturated carbocycles. The maximum absolute atomic E-state index is 13.9. The molecule has 17 nitrogen and oxygen atoms in total. The smallest absolute Gasteiger partial charge is 0.404 e. The number of carbonyl (C=O) groups is 4. The van der Waals surface area contributed by atoms with Gasteiger partial charge in [-0.05, 0) is 46.1 Å². The first-order chi connectivity index (χ1) is 30.3. The van der Waals surface area contributed by atoms with Crippen LogP contribution in [0.15, 0.2) is 59.4 Å². The van der Waals surface area contributed by atoms with Gasteiger partial charge in [0, 0.05) is 56.3 Å². The average Bonchev–Trinajstić information content (AvgIpc) is 3.21. The van der Waals surface area contributed by atoms with Crippen molar-refractivity contribution in [2.45, 2.75) is 175 Å². The van der Waals surface area contributed by atoms with E-state index >= 15 is 0 Å². The van der Waals surface area contributed by atoms with Gasteiger partial charge in [-0.25, -0.2) is 9.59 Å². The highest BCUT2D eigenvalue weighted by Gasteiger charge is 2.53. The minimum absolute atomic E-state index is 0.0255. The lowest BCUT2D eigenvalue weighted by Gasteiger charge is -2.50. The lowest BCUT2D eigenvalue weighted by Crippen LogP contribution is -2.59. The predicted molar refractivity (Wildman–Crippen MR) is 238 cm³/mol. The number of cyclic esters (lactones) is 1. The first-order valence-corrected chi connectivity index (χ1v) is 22.5. The topological polar surface area (TPSA) is 249 Å². The number of allylic oxidation sites excluding steroid dienone is 6. The summed E-state index contributed by atoms with van der Waals surface area (Å²) in [6.07, 6.45) is -0.319. The van der Waals surface area contributed by atoms with Crippen molar-refractivity contribution in [1.82, 2.24) is 0 Å². The molecule has 0 bridgehead atoms. The molecule has 0 aromatic carbocycles. The van der Waals surface area contributed by atoms with E-state index in [1.165, 1.54) is 33.1 Å². The van der Waals surface area contributed by atoms with Gasteiger partial charge in [-0.3, -0.25) is 9.59 Å². The normalized spacial score (nSPS) is 40.1. The zero-order valence-corrected chi connectivity index (χ0v) is 40.2. The lowest BCUT2D eigenvalue weighted by atomic mass is 9.77. The Morgan fingerprint density at radius 2 is 1.62 bits per heavy atom. The fourth-order valence-corrected chi connectivity index (χ4v) is 9.16. The van der Waals surface area contributed by atoms with Crippen molar-refractivity contribution in [2.75, 3.05) is 7.11 Å². The first-order valence-electron chi connectivity index (χ1n) is 22.5. The molecule has 3 rings (SSSR count). The molecule has 0 unspecified atom stereocenters. The van der Waals surface area contributed by atoms with Crippen molar-refractivity contribution in [1.29, 1.82) is 0 Å². The number of rotatable bonds is 11. The second kappa shape index (κ2) is 24.6. The molecular formula is C48H75NO16. The molecule has 0 aliphatic carbocycles. The summed E-state index contributed by atoms with van der Waals surface area (Å²) in [7, 11) is 1.29. The van der Waals surface area contributed by atoms with E-state index in [2.05, 4.69) is 0 Å². The number of hydrogen-bond donors (Lipinski definition) is 5. The average molecular weight is 922 g/mol. The van der Waals surface area contributed by atoms with E-state index in [4.69, 9.17) is 43.6 Å². The highest BCUT2D eigenvalue weighted by atomic mass is 16.7. The number of methoxy groups -OCH3 is 1. The summed E-state index contributed by atoms with van der Waals surface area (Å²) in [4.78, 5) is 49.7. The molecule has 18 atom stereocenters. The number of hydrogen-bond acceptors (Lipinski definition) is 16. The van der Waals surface area contributed by atoms with Crippen LogP contribution in [0.3, 0.4) is 0 Å². The van der Waals surface area contributed by atoms with Crippen molar-refractivity contribution in [3.05, 3.63) is 59.4 Å². The predicted octanol–water partition coefficient (Wildman–Crippen LogP) is 5.08. The number of aliphatic hydroxyl groups is 4. The van der Waals surface area contributed by atoms with Crippen LogP contribution in [-0.4, -0.2) is 125 Å². The summed E-state index contributed by atoms with van der Waals surface area (Å²) in [6, 6.07) is 0. The largest absolute Gasteiger partial charge is 0.490 e. The summed E-state index contributed by atoms with van der Waals surface area (Å²) >= 11 is 0. The Kier molecular flexibility index (Phi) is 20.9. The van der Waals surface area contributed by atoms with Crippen LogP contribution in [0.5, 0.6) is 0 Å². The zero-order chi connectivity index (χ0) is 49.1. The third-order valence-electron chi connectivity index (χ3n) is 12.8. The van der Waals surface area contributed by atoms with Crippen LogP contribution < -0.4 is 5.73 Å². The van der Waals surface area contributed by atoms with Gasteiger partial charge in [-0.2, -0.15) is 0 Å². The molecule has 3 heterocycles. The summed E-state index contributed by atoms with van der Waals surface area (Å²) in [5.74, 6) is -7.88. The van der Waals surface area contributed by atoms with E-state index in [1.54, 1.807) is 65.0 Å². The molecule has 0 aromatic heterocycles. The Labute approximate surface area is 383 Å². The van der Waals surface area contributed by atoms with Crippen LogP contribution >= 0.6 is 0 Å². The molecule has 0 aromatic rings. The Morgan fingerprint density at radius 1 is 0.969 bits per heavy atom. The Morgan fingerprint density at radius 3 is 2.20 bits per heavy atom. The van der Waals surface area contributed by atoms with Gasteiger partial charge in [-0.1, -0.05) is 89.1 Å². The molecule has 65 heavy (non-hydrogen) atoms. The minimum Gasteiger partial charge on any atom is -0.490 e. The van der Waals surface area contributed by atoms with Gasteiger partial charge in [0.1, 0.15) is 24.4 Å². The van der Waals surface area contributed by atoms with E-state index in [-0.39, 0.29) is 30.4 Å². The number of nitrogens with two attached hydrogens (primary N) is 1. The fraction of sp³-hybridized carbons (Fsp3) is 0.708. The second-order valence-corrected chi connectivity index (χ2v) is 18.2. The third-order valence-corrected chi connectivity index (χ3v) is 12.8. The molecule has 0 spiro atoms. The van der Waals surface area contributed by atoms with Gasteiger partial charge in [0.05, 0.1) is 37.6 Å². The van der Waals surface area contributed by atoms with Crippen LogP contribution in [0.4, 0.5) is 4.79 Å². The molecule has 6 N–H and O–H groups in total. The van der Waals surface area contributed by atoms with E-state index in [0.717, 1.165) is 5.57 Å². The van der Waals surface area contributed by atoms with E-state index in [9.17, 15) is 39.6 Å². The molecule has 3 aliphatic rings. The van der Waals surface area contributed by atoms with Crippen molar-refractivity contribution < 1.29 is 77.5 Å². The van der Waals surface area contributed by atoms with Gasteiger partial charge < -0.3 is 64.1 Å². The molecule has 2 fully saturated rings. The van der Waals surface area contributed by atoms with E-state index in [0.29, 0.717) is 12.0 Å². The first kappa shape index (κ1) is 55.2. The fourth-order valence-electron chi connectivity index (χ4n) is 9.16. The van der Waals surface area contributed by atoms with Crippen molar-refractivity contribution in [2.24, 2.45) is 41.2 Å². The van der Waals surface area contributed by atoms with Crippen LogP contribution in [-0.2, 0) is 52.3 Å². The van der Waals surface area contributed by atoms with Gasteiger partial charge in [-0.15, -0.1) is 0 Å². The van der Waals surface area contributed by atoms with Crippen molar-refractivity contribution >= 4 is 24.0 Å². The lowest BCUT2D eigenvalue weighted by molar-refractivity contribution is -0.339. The summed E-state index contributed by atoms with van der Waals surface area (Å²) in [5.41, 5.74) is 6.71. The molecular weight excluding hydrogens is 847 g/mol. The van der Waals surface area contributed by atoms with Crippen LogP contribution in [0.1, 0.15) is 102 Å². The number of primary amides is 1. The van der Waals surface area contributed by atoms with Gasteiger partial charge in [0.15, 0.2) is 18.2 Å². The number of esters is 3. The molecule has 2 saturated heterocycles. The maximum Gasteiger partial charge on any atom is 0.404 e. The minimum atomic E-state index is -2.05. The quantitative estimate of drug-likeness (QED) is 0.103.